The minimum absolute atomic E-state index is 0.0512. The standard InChI is InChI=1S/C25H32N4O2/c1-18(2)26-25(31)27-21-13-12-20-11-10-19-8-4-5-9-22(19)29(23(20)16-21)24(30)17-28-14-6-3-7-15-28/h4-5,8-9,12-13,16,18H,3,6-7,10-11,14-15,17H2,1-2H3,(H2,26,27,31). The van der Waals surface area contributed by atoms with E-state index in [2.05, 4.69) is 21.6 Å². The zero-order chi connectivity index (χ0) is 21.8. The Balaban J connectivity index is 1.67. The Bertz CT molecular complexity index is 950. The van der Waals surface area contributed by atoms with Crippen molar-refractivity contribution in [3.8, 4) is 0 Å². The molecule has 164 valence electrons. The summed E-state index contributed by atoms with van der Waals surface area (Å²) in [5.74, 6) is 0.0845. The molecule has 1 saturated heterocycles. The van der Waals surface area contributed by atoms with E-state index < -0.39 is 0 Å². The van der Waals surface area contributed by atoms with Crippen LogP contribution in [0.5, 0.6) is 0 Å². The van der Waals surface area contributed by atoms with E-state index in [1.807, 2.05) is 55.1 Å². The maximum Gasteiger partial charge on any atom is 0.319 e. The molecule has 2 heterocycles. The summed E-state index contributed by atoms with van der Waals surface area (Å²) in [6, 6.07) is 13.9. The van der Waals surface area contributed by atoms with E-state index in [1.54, 1.807) is 0 Å². The fraction of sp³-hybridized carbons (Fsp3) is 0.440. The summed E-state index contributed by atoms with van der Waals surface area (Å²) in [5, 5.41) is 5.76. The van der Waals surface area contributed by atoms with Gasteiger partial charge in [0.25, 0.3) is 0 Å². The molecule has 2 aliphatic heterocycles. The van der Waals surface area contributed by atoms with Gasteiger partial charge in [-0.05, 0) is 81.9 Å². The van der Waals surface area contributed by atoms with Gasteiger partial charge in [0.1, 0.15) is 0 Å². The van der Waals surface area contributed by atoms with Gasteiger partial charge in [0.05, 0.1) is 17.9 Å². The Kier molecular flexibility index (Phi) is 6.56. The SMILES string of the molecule is CC(C)NC(=O)Nc1ccc2c(c1)N(C(=O)CN1CCCCC1)c1ccccc1CC2. The first-order valence-corrected chi connectivity index (χ1v) is 11.3. The average Bonchev–Trinajstić information content (AvgIpc) is 2.90. The molecule has 0 radical (unpaired) electrons. The van der Waals surface area contributed by atoms with Crippen molar-refractivity contribution in [2.45, 2.75) is 52.0 Å². The molecule has 1 fully saturated rings. The molecular weight excluding hydrogens is 388 g/mol. The van der Waals surface area contributed by atoms with Crippen LogP contribution in [0.3, 0.4) is 0 Å². The molecule has 4 rings (SSSR count). The fourth-order valence-electron chi connectivity index (χ4n) is 4.48. The molecule has 2 aliphatic rings. The Morgan fingerprint density at radius 2 is 1.65 bits per heavy atom. The van der Waals surface area contributed by atoms with E-state index in [-0.39, 0.29) is 18.0 Å². The number of rotatable bonds is 4. The molecular formula is C25H32N4O2. The highest BCUT2D eigenvalue weighted by atomic mass is 16.2. The molecule has 0 unspecified atom stereocenters. The van der Waals surface area contributed by atoms with Crippen LogP contribution < -0.4 is 15.5 Å². The van der Waals surface area contributed by atoms with Crippen LogP contribution in [0.25, 0.3) is 0 Å². The number of hydrogen-bond donors (Lipinski definition) is 2. The number of nitrogens with zero attached hydrogens (tertiary/aromatic N) is 2. The maximum atomic E-state index is 13.6. The average molecular weight is 421 g/mol. The fourth-order valence-corrected chi connectivity index (χ4v) is 4.48. The predicted molar refractivity (Wildman–Crippen MR) is 125 cm³/mol. The van der Waals surface area contributed by atoms with Crippen LogP contribution in [0, 0.1) is 0 Å². The van der Waals surface area contributed by atoms with Crippen LogP contribution in [-0.4, -0.2) is 42.5 Å². The molecule has 0 aliphatic carbocycles. The van der Waals surface area contributed by atoms with E-state index in [0.29, 0.717) is 12.2 Å². The van der Waals surface area contributed by atoms with Crippen molar-refractivity contribution >= 4 is 29.0 Å². The van der Waals surface area contributed by atoms with Crippen molar-refractivity contribution < 1.29 is 9.59 Å². The number of piperidine rings is 1. The van der Waals surface area contributed by atoms with Crippen molar-refractivity contribution in [1.29, 1.82) is 0 Å². The molecule has 6 nitrogen and oxygen atoms in total. The van der Waals surface area contributed by atoms with Gasteiger partial charge in [0.15, 0.2) is 0 Å². The number of nitrogens with one attached hydrogen (secondary N) is 2. The molecule has 0 bridgehead atoms. The lowest BCUT2D eigenvalue weighted by molar-refractivity contribution is -0.119. The van der Waals surface area contributed by atoms with Crippen LogP contribution in [0.15, 0.2) is 42.5 Å². The van der Waals surface area contributed by atoms with E-state index in [4.69, 9.17) is 0 Å². The van der Waals surface area contributed by atoms with Crippen molar-refractivity contribution in [3.05, 3.63) is 53.6 Å². The monoisotopic (exact) mass is 420 g/mol. The van der Waals surface area contributed by atoms with E-state index in [0.717, 1.165) is 55.7 Å². The third kappa shape index (κ3) is 5.07. The van der Waals surface area contributed by atoms with Gasteiger partial charge in [-0.1, -0.05) is 30.7 Å². The quantitative estimate of drug-likeness (QED) is 0.767. The van der Waals surface area contributed by atoms with Gasteiger partial charge in [0.2, 0.25) is 5.91 Å². The molecule has 3 amide bonds. The Labute approximate surface area is 184 Å². The van der Waals surface area contributed by atoms with Gasteiger partial charge in [-0.3, -0.25) is 14.6 Å². The van der Waals surface area contributed by atoms with Crippen molar-refractivity contribution in [2.75, 3.05) is 29.9 Å². The van der Waals surface area contributed by atoms with Crippen molar-refractivity contribution in [3.63, 3.8) is 0 Å². The number of anilines is 3. The highest BCUT2D eigenvalue weighted by Crippen LogP contribution is 2.37. The van der Waals surface area contributed by atoms with Crippen LogP contribution in [0.2, 0.25) is 0 Å². The number of likely N-dealkylation sites (tertiary alicyclic amines) is 1. The van der Waals surface area contributed by atoms with E-state index in [1.165, 1.54) is 12.0 Å². The molecule has 0 atom stereocenters. The smallest absolute Gasteiger partial charge is 0.319 e. The Morgan fingerprint density at radius 3 is 2.39 bits per heavy atom. The van der Waals surface area contributed by atoms with Crippen molar-refractivity contribution in [1.82, 2.24) is 10.2 Å². The predicted octanol–water partition coefficient (Wildman–Crippen LogP) is 4.47. The molecule has 31 heavy (non-hydrogen) atoms. The molecule has 0 aromatic heterocycles. The number of aryl methyl sites for hydroxylation is 2. The lowest BCUT2D eigenvalue weighted by atomic mass is 10.0. The number of urea groups is 1. The number of para-hydroxylation sites is 1. The van der Waals surface area contributed by atoms with Crippen LogP contribution >= 0.6 is 0 Å². The number of fused-ring (bicyclic) bond motifs is 2. The second-order valence-corrected chi connectivity index (χ2v) is 8.79. The van der Waals surface area contributed by atoms with Gasteiger partial charge in [0, 0.05) is 11.7 Å². The number of amides is 3. The van der Waals surface area contributed by atoms with Crippen LogP contribution in [0.1, 0.15) is 44.2 Å². The first-order valence-electron chi connectivity index (χ1n) is 11.3. The molecule has 2 aromatic rings. The number of benzene rings is 2. The highest BCUT2D eigenvalue weighted by Gasteiger charge is 2.27. The molecule has 0 spiro atoms. The molecule has 6 heteroatoms. The zero-order valence-corrected chi connectivity index (χ0v) is 18.5. The van der Waals surface area contributed by atoms with Gasteiger partial charge >= 0.3 is 6.03 Å². The zero-order valence-electron chi connectivity index (χ0n) is 18.5. The lowest BCUT2D eigenvalue weighted by Gasteiger charge is -2.30. The van der Waals surface area contributed by atoms with Gasteiger partial charge < -0.3 is 10.6 Å². The third-order valence-electron chi connectivity index (χ3n) is 5.96. The maximum absolute atomic E-state index is 13.6. The van der Waals surface area contributed by atoms with Gasteiger partial charge in [-0.2, -0.15) is 0 Å². The second kappa shape index (κ2) is 9.52. The lowest BCUT2D eigenvalue weighted by Crippen LogP contribution is -2.40. The molecule has 2 aromatic carbocycles. The first-order chi connectivity index (χ1) is 15.0. The van der Waals surface area contributed by atoms with Gasteiger partial charge in [-0.15, -0.1) is 0 Å². The topological polar surface area (TPSA) is 64.7 Å². The normalized spacial score (nSPS) is 16.3. The Hall–Kier alpha value is -2.86. The number of hydrogen-bond acceptors (Lipinski definition) is 3. The summed E-state index contributed by atoms with van der Waals surface area (Å²) in [4.78, 5) is 30.0. The minimum Gasteiger partial charge on any atom is -0.336 e. The van der Waals surface area contributed by atoms with E-state index in [9.17, 15) is 9.59 Å². The van der Waals surface area contributed by atoms with Crippen LogP contribution in [-0.2, 0) is 17.6 Å². The summed E-state index contributed by atoms with van der Waals surface area (Å²) in [5.41, 5.74) is 4.81. The minimum atomic E-state index is -0.241. The number of carbonyl (C=O) groups is 2. The third-order valence-corrected chi connectivity index (χ3v) is 5.96. The summed E-state index contributed by atoms with van der Waals surface area (Å²) >= 11 is 0. The first kappa shape index (κ1) is 21.4. The van der Waals surface area contributed by atoms with E-state index >= 15 is 0 Å². The number of carbonyl (C=O) groups excluding carboxylic acids is 2. The highest BCUT2D eigenvalue weighted by molar-refractivity contribution is 6.04. The van der Waals surface area contributed by atoms with Gasteiger partial charge in [-0.25, -0.2) is 4.79 Å². The van der Waals surface area contributed by atoms with Crippen LogP contribution in [0.4, 0.5) is 21.9 Å². The summed E-state index contributed by atoms with van der Waals surface area (Å²) in [6.45, 7) is 6.22. The summed E-state index contributed by atoms with van der Waals surface area (Å²) in [6.07, 6.45) is 5.29. The summed E-state index contributed by atoms with van der Waals surface area (Å²) in [7, 11) is 0. The second-order valence-electron chi connectivity index (χ2n) is 8.79. The molecule has 0 saturated carbocycles. The summed E-state index contributed by atoms with van der Waals surface area (Å²) < 4.78 is 0. The largest absolute Gasteiger partial charge is 0.336 e. The Morgan fingerprint density at radius 1 is 0.935 bits per heavy atom. The molecule has 2 N–H and O–H groups in total. The van der Waals surface area contributed by atoms with Crippen molar-refractivity contribution in [2.24, 2.45) is 0 Å².